The van der Waals surface area contributed by atoms with Crippen LogP contribution in [0.5, 0.6) is 0 Å². The Hall–Kier alpha value is -2.20. The van der Waals surface area contributed by atoms with Crippen LogP contribution in [0.4, 0.5) is 4.39 Å². The van der Waals surface area contributed by atoms with Gasteiger partial charge in [0.1, 0.15) is 5.82 Å². The van der Waals surface area contributed by atoms with E-state index in [1.54, 1.807) is 12.1 Å². The van der Waals surface area contributed by atoms with Crippen LogP contribution >= 0.6 is 11.3 Å². The van der Waals surface area contributed by atoms with Crippen molar-refractivity contribution in [3.05, 3.63) is 70.9 Å². The van der Waals surface area contributed by atoms with Gasteiger partial charge in [-0.25, -0.2) is 4.39 Å². The van der Waals surface area contributed by atoms with E-state index in [2.05, 4.69) is 5.32 Å². The van der Waals surface area contributed by atoms with Crippen molar-refractivity contribution in [2.75, 3.05) is 6.54 Å². The minimum absolute atomic E-state index is 0.147. The molecule has 0 unspecified atom stereocenters. The number of carbonyl (C=O) groups is 1. The Bertz CT molecular complexity index is 767. The van der Waals surface area contributed by atoms with Crippen molar-refractivity contribution in [2.24, 2.45) is 0 Å². The monoisotopic (exact) mass is 299 g/mol. The second-order valence-corrected chi connectivity index (χ2v) is 5.84. The number of halogens is 1. The molecule has 0 aliphatic rings. The molecule has 0 radical (unpaired) electrons. The topological polar surface area (TPSA) is 29.1 Å². The van der Waals surface area contributed by atoms with Gasteiger partial charge in [-0.05, 0) is 30.2 Å². The highest BCUT2D eigenvalue weighted by Gasteiger charge is 2.11. The fourth-order valence-electron chi connectivity index (χ4n) is 2.19. The number of amides is 1. The smallest absolute Gasteiger partial charge is 0.261 e. The first-order valence-electron chi connectivity index (χ1n) is 6.74. The third-order valence-corrected chi connectivity index (χ3v) is 4.37. The first kappa shape index (κ1) is 13.8. The summed E-state index contributed by atoms with van der Waals surface area (Å²) in [4.78, 5) is 12.6. The van der Waals surface area contributed by atoms with Gasteiger partial charge < -0.3 is 5.32 Å². The van der Waals surface area contributed by atoms with Gasteiger partial charge in [0, 0.05) is 16.6 Å². The third kappa shape index (κ3) is 3.11. The van der Waals surface area contributed by atoms with E-state index >= 15 is 0 Å². The van der Waals surface area contributed by atoms with Crippen molar-refractivity contribution in [1.82, 2.24) is 5.32 Å². The summed E-state index contributed by atoms with van der Waals surface area (Å²) >= 11 is 1.31. The molecule has 3 aromatic rings. The average Bonchev–Trinajstić information content (AvgIpc) is 2.94. The van der Waals surface area contributed by atoms with Crippen molar-refractivity contribution in [1.29, 1.82) is 0 Å². The van der Waals surface area contributed by atoms with Gasteiger partial charge in [-0.2, -0.15) is 0 Å². The molecule has 1 heterocycles. The van der Waals surface area contributed by atoms with E-state index in [9.17, 15) is 9.18 Å². The van der Waals surface area contributed by atoms with E-state index in [4.69, 9.17) is 0 Å². The Morgan fingerprint density at radius 3 is 2.67 bits per heavy atom. The highest BCUT2D eigenvalue weighted by atomic mass is 32.1. The molecule has 21 heavy (non-hydrogen) atoms. The summed E-state index contributed by atoms with van der Waals surface area (Å²) in [5, 5.41) is 3.39. The number of benzene rings is 2. The van der Waals surface area contributed by atoms with Crippen LogP contribution in [-0.2, 0) is 6.42 Å². The molecule has 3 rings (SSSR count). The molecule has 0 aliphatic heterocycles. The molecule has 0 saturated carbocycles. The van der Waals surface area contributed by atoms with Crippen LogP contribution in [0.1, 0.15) is 15.2 Å². The minimum Gasteiger partial charge on any atom is -0.351 e. The molecule has 1 amide bonds. The lowest BCUT2D eigenvalue weighted by Crippen LogP contribution is -2.24. The third-order valence-electron chi connectivity index (χ3n) is 3.27. The van der Waals surface area contributed by atoms with Gasteiger partial charge in [0.05, 0.1) is 4.88 Å². The lowest BCUT2D eigenvalue weighted by molar-refractivity contribution is 0.0958. The predicted molar refractivity (Wildman–Crippen MR) is 84.3 cm³/mol. The molecule has 0 atom stereocenters. The molecule has 2 aromatic carbocycles. The zero-order chi connectivity index (χ0) is 14.7. The van der Waals surface area contributed by atoms with Gasteiger partial charge in [-0.3, -0.25) is 4.79 Å². The highest BCUT2D eigenvalue weighted by molar-refractivity contribution is 7.20. The maximum atomic E-state index is 13.6. The molecule has 1 aromatic heterocycles. The standard InChI is InChI=1S/C17H14FNOS/c18-14-7-4-8-15-13(14)11-16(21-15)17(20)19-10-9-12-5-2-1-3-6-12/h1-8,11H,9-10H2,(H,19,20). The van der Waals surface area contributed by atoms with Gasteiger partial charge in [0.2, 0.25) is 0 Å². The molecule has 0 saturated heterocycles. The van der Waals surface area contributed by atoms with Crippen molar-refractivity contribution in [3.63, 3.8) is 0 Å². The molecule has 0 aliphatic carbocycles. The summed E-state index contributed by atoms with van der Waals surface area (Å²) in [6.45, 7) is 0.569. The Labute approximate surface area is 126 Å². The van der Waals surface area contributed by atoms with Gasteiger partial charge in [0.15, 0.2) is 0 Å². The zero-order valence-corrected chi connectivity index (χ0v) is 12.1. The summed E-state index contributed by atoms with van der Waals surface area (Å²) in [6, 6.07) is 16.5. The van der Waals surface area contributed by atoms with Crippen LogP contribution in [0.25, 0.3) is 10.1 Å². The van der Waals surface area contributed by atoms with Gasteiger partial charge in [-0.1, -0.05) is 36.4 Å². The van der Waals surface area contributed by atoms with Crippen LogP contribution in [0.15, 0.2) is 54.6 Å². The van der Waals surface area contributed by atoms with Crippen molar-refractivity contribution in [2.45, 2.75) is 6.42 Å². The molecule has 4 heteroatoms. The molecule has 2 nitrogen and oxygen atoms in total. The fraction of sp³-hybridized carbons (Fsp3) is 0.118. The fourth-order valence-corrected chi connectivity index (χ4v) is 3.18. The minimum atomic E-state index is -0.285. The number of hydrogen-bond donors (Lipinski definition) is 1. The maximum Gasteiger partial charge on any atom is 0.261 e. The molecule has 106 valence electrons. The van der Waals surface area contributed by atoms with Gasteiger partial charge in [-0.15, -0.1) is 11.3 Å². The van der Waals surface area contributed by atoms with Crippen LogP contribution in [-0.4, -0.2) is 12.5 Å². The van der Waals surface area contributed by atoms with E-state index in [1.807, 2.05) is 36.4 Å². The van der Waals surface area contributed by atoms with Crippen LogP contribution in [0, 0.1) is 5.82 Å². The molecular formula is C17H14FNOS. The van der Waals surface area contributed by atoms with Crippen molar-refractivity contribution in [3.8, 4) is 0 Å². The molecule has 0 bridgehead atoms. The first-order chi connectivity index (χ1) is 10.2. The molecule has 1 N–H and O–H groups in total. The van der Waals surface area contributed by atoms with E-state index in [1.165, 1.54) is 23.0 Å². The number of rotatable bonds is 4. The number of fused-ring (bicyclic) bond motifs is 1. The van der Waals surface area contributed by atoms with E-state index in [0.717, 1.165) is 11.1 Å². The second-order valence-electron chi connectivity index (χ2n) is 4.75. The van der Waals surface area contributed by atoms with Crippen LogP contribution in [0.2, 0.25) is 0 Å². The average molecular weight is 299 g/mol. The highest BCUT2D eigenvalue weighted by Crippen LogP contribution is 2.27. The maximum absolute atomic E-state index is 13.6. The van der Waals surface area contributed by atoms with Crippen LogP contribution < -0.4 is 5.32 Å². The van der Waals surface area contributed by atoms with E-state index in [0.29, 0.717) is 16.8 Å². The van der Waals surface area contributed by atoms with Crippen molar-refractivity contribution >= 4 is 27.3 Å². The normalized spacial score (nSPS) is 10.7. The number of thiophene rings is 1. The quantitative estimate of drug-likeness (QED) is 0.775. The Morgan fingerprint density at radius 1 is 1.10 bits per heavy atom. The lowest BCUT2D eigenvalue weighted by atomic mass is 10.1. The molecule has 0 fully saturated rings. The zero-order valence-electron chi connectivity index (χ0n) is 11.3. The Kier molecular flexibility index (Phi) is 3.97. The summed E-state index contributed by atoms with van der Waals surface area (Å²) in [5.74, 6) is -0.432. The molecule has 0 spiro atoms. The SMILES string of the molecule is O=C(NCCc1ccccc1)c1cc2c(F)cccc2s1. The van der Waals surface area contributed by atoms with E-state index in [-0.39, 0.29) is 11.7 Å². The van der Waals surface area contributed by atoms with Crippen LogP contribution in [0.3, 0.4) is 0 Å². The first-order valence-corrected chi connectivity index (χ1v) is 7.56. The van der Waals surface area contributed by atoms with Gasteiger partial charge >= 0.3 is 0 Å². The summed E-state index contributed by atoms with van der Waals surface area (Å²) in [7, 11) is 0. The largest absolute Gasteiger partial charge is 0.351 e. The van der Waals surface area contributed by atoms with E-state index < -0.39 is 0 Å². The summed E-state index contributed by atoms with van der Waals surface area (Å²) < 4.78 is 14.4. The number of carbonyl (C=O) groups excluding carboxylic acids is 1. The summed E-state index contributed by atoms with van der Waals surface area (Å²) in [5.41, 5.74) is 1.18. The van der Waals surface area contributed by atoms with Crippen molar-refractivity contribution < 1.29 is 9.18 Å². The molecular weight excluding hydrogens is 285 g/mol. The Morgan fingerprint density at radius 2 is 1.90 bits per heavy atom. The predicted octanol–water partition coefficient (Wildman–Crippen LogP) is 4.01. The Balaban J connectivity index is 1.65. The number of hydrogen-bond acceptors (Lipinski definition) is 2. The second kappa shape index (κ2) is 6.06. The lowest BCUT2D eigenvalue weighted by Gasteiger charge is -2.03. The van der Waals surface area contributed by atoms with Gasteiger partial charge in [0.25, 0.3) is 5.91 Å². The number of nitrogens with one attached hydrogen (secondary N) is 1. The summed E-state index contributed by atoms with van der Waals surface area (Å²) in [6.07, 6.45) is 0.784.